The number of carbonyl (C=O) groups is 3. The molecule has 1 aliphatic rings. The van der Waals surface area contributed by atoms with Gasteiger partial charge in [-0.1, -0.05) is 17.7 Å². The second-order valence-electron chi connectivity index (χ2n) is 6.93. The van der Waals surface area contributed by atoms with Crippen LogP contribution in [-0.4, -0.2) is 42.9 Å². The third-order valence-corrected chi connectivity index (χ3v) is 6.28. The molecule has 0 aliphatic carbocycles. The van der Waals surface area contributed by atoms with Gasteiger partial charge in [0.25, 0.3) is 5.91 Å². The maximum absolute atomic E-state index is 12.8. The average molecular weight is 435 g/mol. The molecule has 1 unspecified atom stereocenters. The Morgan fingerprint density at radius 1 is 1.21 bits per heavy atom. The monoisotopic (exact) mass is 434 g/mol. The lowest BCUT2D eigenvalue weighted by atomic mass is 9.94. The number of esters is 1. The molecule has 29 heavy (non-hydrogen) atoms. The van der Waals surface area contributed by atoms with Crippen LogP contribution in [-0.2, 0) is 14.3 Å². The minimum atomic E-state index is -0.399. The van der Waals surface area contributed by atoms with Crippen LogP contribution in [0.4, 0.5) is 0 Å². The number of nitrogens with one attached hydrogen (secondary N) is 1. The van der Waals surface area contributed by atoms with E-state index in [4.69, 9.17) is 16.3 Å². The van der Waals surface area contributed by atoms with Crippen LogP contribution < -0.4 is 5.32 Å². The Labute approximate surface area is 178 Å². The van der Waals surface area contributed by atoms with Gasteiger partial charge in [0.15, 0.2) is 0 Å². The molecule has 8 heteroatoms. The van der Waals surface area contributed by atoms with Gasteiger partial charge in [0, 0.05) is 34.5 Å². The molecule has 154 valence electrons. The molecular weight excluding hydrogens is 412 g/mol. The number of carbonyl (C=O) groups excluding carboxylic acids is 3. The molecule has 1 fully saturated rings. The van der Waals surface area contributed by atoms with Crippen molar-refractivity contribution in [2.45, 2.75) is 25.3 Å². The van der Waals surface area contributed by atoms with Crippen molar-refractivity contribution in [3.63, 3.8) is 0 Å². The summed E-state index contributed by atoms with van der Waals surface area (Å²) in [6.45, 7) is 1.03. The summed E-state index contributed by atoms with van der Waals surface area (Å²) in [4.78, 5) is 39.8. The Kier molecular flexibility index (Phi) is 7.28. The minimum absolute atomic E-state index is 0.0531. The first-order valence-electron chi connectivity index (χ1n) is 9.43. The Bertz CT molecular complexity index is 846. The number of likely N-dealkylation sites (tertiary alicyclic amines) is 1. The van der Waals surface area contributed by atoms with E-state index in [9.17, 15) is 14.4 Å². The van der Waals surface area contributed by atoms with E-state index < -0.39 is 6.04 Å². The molecule has 1 aromatic carbocycles. The first-order chi connectivity index (χ1) is 14.0. The maximum atomic E-state index is 12.8. The molecule has 0 spiro atoms. The maximum Gasteiger partial charge on any atom is 0.307 e. The number of halogens is 1. The van der Waals surface area contributed by atoms with Crippen molar-refractivity contribution in [2.24, 2.45) is 5.92 Å². The van der Waals surface area contributed by atoms with Crippen molar-refractivity contribution < 1.29 is 19.1 Å². The fraction of sp³-hybridized carbons (Fsp3) is 0.381. The van der Waals surface area contributed by atoms with E-state index in [0.29, 0.717) is 36.5 Å². The van der Waals surface area contributed by atoms with Crippen molar-refractivity contribution in [3.05, 3.63) is 57.2 Å². The first-order valence-corrected chi connectivity index (χ1v) is 10.7. The molecule has 2 heterocycles. The second-order valence-corrected chi connectivity index (χ2v) is 8.35. The van der Waals surface area contributed by atoms with Crippen molar-refractivity contribution in [2.75, 3.05) is 20.2 Å². The summed E-state index contributed by atoms with van der Waals surface area (Å²) in [5.74, 6) is -0.704. The minimum Gasteiger partial charge on any atom is -0.469 e. The fourth-order valence-corrected chi connectivity index (χ4v) is 4.28. The summed E-state index contributed by atoms with van der Waals surface area (Å²) in [7, 11) is 1.34. The second kappa shape index (κ2) is 9.89. The van der Waals surface area contributed by atoms with E-state index in [1.54, 1.807) is 29.2 Å². The predicted octanol–water partition coefficient (Wildman–Crippen LogP) is 3.67. The van der Waals surface area contributed by atoms with Crippen molar-refractivity contribution >= 4 is 40.7 Å². The van der Waals surface area contributed by atoms with Crippen LogP contribution in [0.1, 0.15) is 40.5 Å². The van der Waals surface area contributed by atoms with Crippen LogP contribution in [0.3, 0.4) is 0 Å². The number of benzene rings is 1. The van der Waals surface area contributed by atoms with Gasteiger partial charge in [-0.2, -0.15) is 0 Å². The van der Waals surface area contributed by atoms with Gasteiger partial charge in [0.05, 0.1) is 19.6 Å². The average Bonchev–Trinajstić information content (AvgIpc) is 3.28. The number of hydrogen-bond donors (Lipinski definition) is 1. The molecule has 1 aromatic heterocycles. The molecular formula is C21H23ClN2O4S. The fourth-order valence-electron chi connectivity index (χ4n) is 3.37. The number of piperidine rings is 1. The summed E-state index contributed by atoms with van der Waals surface area (Å²) in [5, 5.41) is 5.49. The SMILES string of the molecule is COC(=O)CC(NC(=O)C1CCN(C(=O)c2ccc(Cl)cc2)CC1)c1cccs1. The number of methoxy groups -OCH3 is 1. The zero-order chi connectivity index (χ0) is 20.8. The largest absolute Gasteiger partial charge is 0.469 e. The molecule has 0 radical (unpaired) electrons. The highest BCUT2D eigenvalue weighted by Crippen LogP contribution is 2.25. The van der Waals surface area contributed by atoms with Crippen molar-refractivity contribution in [1.29, 1.82) is 0 Å². The Morgan fingerprint density at radius 2 is 1.90 bits per heavy atom. The third-order valence-electron chi connectivity index (χ3n) is 5.05. The number of rotatable bonds is 6. The standard InChI is InChI=1S/C21H23ClN2O4S/c1-28-19(25)13-17(18-3-2-12-29-18)23-20(26)14-8-10-24(11-9-14)21(27)15-4-6-16(22)7-5-15/h2-7,12,14,17H,8-11,13H2,1H3,(H,23,26). The van der Waals surface area contributed by atoms with E-state index >= 15 is 0 Å². The van der Waals surface area contributed by atoms with Crippen molar-refractivity contribution in [1.82, 2.24) is 10.2 Å². The van der Waals surface area contributed by atoms with Crippen LogP contribution in [0.15, 0.2) is 41.8 Å². The smallest absolute Gasteiger partial charge is 0.307 e. The molecule has 2 amide bonds. The van der Waals surface area contributed by atoms with Gasteiger partial charge >= 0.3 is 5.97 Å². The van der Waals surface area contributed by atoms with Crippen LogP contribution in [0.2, 0.25) is 5.02 Å². The summed E-state index contributed by atoms with van der Waals surface area (Å²) >= 11 is 7.37. The molecule has 6 nitrogen and oxygen atoms in total. The summed E-state index contributed by atoms with van der Waals surface area (Å²) in [6, 6.07) is 10.2. The molecule has 1 atom stereocenters. The van der Waals surface area contributed by atoms with Gasteiger partial charge in [0.2, 0.25) is 5.91 Å². The number of amides is 2. The van der Waals surface area contributed by atoms with E-state index in [2.05, 4.69) is 5.32 Å². The summed E-state index contributed by atoms with van der Waals surface area (Å²) < 4.78 is 4.76. The first kappa shape index (κ1) is 21.3. The van der Waals surface area contributed by atoms with E-state index in [1.165, 1.54) is 18.4 Å². The lowest BCUT2D eigenvalue weighted by Crippen LogP contribution is -2.43. The topological polar surface area (TPSA) is 75.7 Å². The zero-order valence-electron chi connectivity index (χ0n) is 16.1. The van der Waals surface area contributed by atoms with Crippen LogP contribution in [0.5, 0.6) is 0 Å². The van der Waals surface area contributed by atoms with Crippen LogP contribution >= 0.6 is 22.9 Å². The quantitative estimate of drug-likeness (QED) is 0.704. The lowest BCUT2D eigenvalue weighted by molar-refractivity contribution is -0.141. The highest BCUT2D eigenvalue weighted by atomic mass is 35.5. The predicted molar refractivity (Wildman–Crippen MR) is 112 cm³/mol. The van der Waals surface area contributed by atoms with Gasteiger partial charge in [0.1, 0.15) is 0 Å². The summed E-state index contributed by atoms with van der Waals surface area (Å²) in [6.07, 6.45) is 1.26. The molecule has 0 saturated carbocycles. The lowest BCUT2D eigenvalue weighted by Gasteiger charge is -2.32. The number of thiophene rings is 1. The highest BCUT2D eigenvalue weighted by molar-refractivity contribution is 7.10. The number of nitrogens with zero attached hydrogens (tertiary/aromatic N) is 1. The van der Waals surface area contributed by atoms with Gasteiger partial charge in [-0.25, -0.2) is 0 Å². The molecule has 1 saturated heterocycles. The normalized spacial score (nSPS) is 15.6. The highest BCUT2D eigenvalue weighted by Gasteiger charge is 2.30. The van der Waals surface area contributed by atoms with Crippen molar-refractivity contribution in [3.8, 4) is 0 Å². The Morgan fingerprint density at radius 3 is 2.48 bits per heavy atom. The number of ether oxygens (including phenoxy) is 1. The number of hydrogen-bond acceptors (Lipinski definition) is 5. The molecule has 0 bridgehead atoms. The molecule has 2 aromatic rings. The van der Waals surface area contributed by atoms with E-state index in [0.717, 1.165) is 4.88 Å². The zero-order valence-corrected chi connectivity index (χ0v) is 17.7. The summed E-state index contributed by atoms with van der Waals surface area (Å²) in [5.41, 5.74) is 0.591. The Balaban J connectivity index is 1.56. The Hall–Kier alpha value is -2.38. The van der Waals surface area contributed by atoms with Crippen LogP contribution in [0.25, 0.3) is 0 Å². The van der Waals surface area contributed by atoms with Gasteiger partial charge in [-0.05, 0) is 48.6 Å². The van der Waals surface area contributed by atoms with Gasteiger partial charge < -0.3 is 15.0 Å². The molecule has 1 N–H and O–H groups in total. The van der Waals surface area contributed by atoms with Gasteiger partial charge in [-0.3, -0.25) is 14.4 Å². The van der Waals surface area contributed by atoms with Crippen LogP contribution in [0, 0.1) is 5.92 Å². The van der Waals surface area contributed by atoms with Gasteiger partial charge in [-0.15, -0.1) is 11.3 Å². The van der Waals surface area contributed by atoms with E-state index in [-0.39, 0.29) is 30.1 Å². The molecule has 3 rings (SSSR count). The third kappa shape index (κ3) is 5.58. The van der Waals surface area contributed by atoms with E-state index in [1.807, 2.05) is 17.5 Å². The molecule has 1 aliphatic heterocycles.